The summed E-state index contributed by atoms with van der Waals surface area (Å²) in [5.41, 5.74) is 2.78. The van der Waals surface area contributed by atoms with Gasteiger partial charge >= 0.3 is 0 Å². The van der Waals surface area contributed by atoms with Crippen molar-refractivity contribution < 1.29 is 4.74 Å². The van der Waals surface area contributed by atoms with Crippen LogP contribution >= 0.6 is 0 Å². The van der Waals surface area contributed by atoms with Crippen molar-refractivity contribution in [3.63, 3.8) is 0 Å². The van der Waals surface area contributed by atoms with Crippen LogP contribution in [0.15, 0.2) is 18.2 Å². The van der Waals surface area contributed by atoms with E-state index in [1.54, 1.807) is 7.11 Å². The van der Waals surface area contributed by atoms with Gasteiger partial charge in [0, 0.05) is 12.1 Å². The summed E-state index contributed by atoms with van der Waals surface area (Å²) in [6.07, 6.45) is 5.04. The molecule has 112 valence electrons. The van der Waals surface area contributed by atoms with Crippen molar-refractivity contribution in [2.24, 2.45) is 0 Å². The first-order valence-electron chi connectivity index (χ1n) is 7.72. The molecule has 0 aliphatic carbocycles. The van der Waals surface area contributed by atoms with E-state index >= 15 is 0 Å². The van der Waals surface area contributed by atoms with Crippen LogP contribution in [0.5, 0.6) is 5.75 Å². The summed E-state index contributed by atoms with van der Waals surface area (Å²) in [5, 5.41) is 0. The number of nitrogens with zero attached hydrogens (tertiary/aromatic N) is 2. The minimum atomic E-state index is 1.03. The molecule has 1 aliphatic heterocycles. The predicted octanol–water partition coefficient (Wildman–Crippen LogP) is 2.79. The summed E-state index contributed by atoms with van der Waals surface area (Å²) < 4.78 is 5.52. The molecule has 0 spiro atoms. The Hall–Kier alpha value is -1.06. The lowest BCUT2D eigenvalue weighted by Gasteiger charge is -2.18. The second-order valence-electron chi connectivity index (χ2n) is 6.04. The van der Waals surface area contributed by atoms with E-state index in [9.17, 15) is 0 Å². The Morgan fingerprint density at radius 2 is 1.95 bits per heavy atom. The SMILES string of the molecule is COc1ccc(CCCN(C)C)cc1CN1CCCC1. The molecule has 2 rings (SSSR count). The van der Waals surface area contributed by atoms with Crippen molar-refractivity contribution in [1.82, 2.24) is 9.80 Å². The van der Waals surface area contributed by atoms with Crippen LogP contribution in [-0.2, 0) is 13.0 Å². The molecule has 1 aromatic rings. The van der Waals surface area contributed by atoms with Gasteiger partial charge in [-0.2, -0.15) is 0 Å². The van der Waals surface area contributed by atoms with Crippen molar-refractivity contribution in [2.75, 3.05) is 40.8 Å². The van der Waals surface area contributed by atoms with Crippen LogP contribution in [0.4, 0.5) is 0 Å². The van der Waals surface area contributed by atoms with Crippen LogP contribution < -0.4 is 4.74 Å². The van der Waals surface area contributed by atoms with Crippen molar-refractivity contribution in [3.8, 4) is 5.75 Å². The van der Waals surface area contributed by atoms with Gasteiger partial charge in [0.2, 0.25) is 0 Å². The molecule has 1 heterocycles. The van der Waals surface area contributed by atoms with Crippen LogP contribution in [0.3, 0.4) is 0 Å². The standard InChI is InChI=1S/C17H28N2O/c1-18(2)10-6-7-15-8-9-17(20-3)16(13-15)14-19-11-4-5-12-19/h8-9,13H,4-7,10-12,14H2,1-3H3. The molecule has 0 unspecified atom stereocenters. The normalized spacial score (nSPS) is 16.0. The third-order valence-corrected chi connectivity index (χ3v) is 4.01. The zero-order valence-corrected chi connectivity index (χ0v) is 13.2. The smallest absolute Gasteiger partial charge is 0.123 e. The van der Waals surface area contributed by atoms with E-state index in [2.05, 4.69) is 42.1 Å². The summed E-state index contributed by atoms with van der Waals surface area (Å²) in [6.45, 7) is 4.64. The summed E-state index contributed by atoms with van der Waals surface area (Å²) in [7, 11) is 6.04. The second kappa shape index (κ2) is 7.65. The van der Waals surface area contributed by atoms with E-state index in [0.29, 0.717) is 0 Å². The van der Waals surface area contributed by atoms with Gasteiger partial charge in [-0.1, -0.05) is 12.1 Å². The average molecular weight is 276 g/mol. The third kappa shape index (κ3) is 4.50. The molecule has 1 fully saturated rings. The maximum Gasteiger partial charge on any atom is 0.123 e. The minimum absolute atomic E-state index is 1.03. The molecule has 3 nitrogen and oxygen atoms in total. The van der Waals surface area contributed by atoms with Crippen LogP contribution in [0.1, 0.15) is 30.4 Å². The van der Waals surface area contributed by atoms with E-state index in [-0.39, 0.29) is 0 Å². The quantitative estimate of drug-likeness (QED) is 0.761. The van der Waals surface area contributed by atoms with Gasteiger partial charge in [0.05, 0.1) is 7.11 Å². The Balaban J connectivity index is 1.99. The third-order valence-electron chi connectivity index (χ3n) is 4.01. The average Bonchev–Trinajstić information content (AvgIpc) is 2.91. The van der Waals surface area contributed by atoms with E-state index < -0.39 is 0 Å². The fourth-order valence-electron chi connectivity index (χ4n) is 2.89. The zero-order valence-electron chi connectivity index (χ0n) is 13.2. The highest BCUT2D eigenvalue weighted by Crippen LogP contribution is 2.24. The van der Waals surface area contributed by atoms with Crippen LogP contribution in [0.25, 0.3) is 0 Å². The summed E-state index contributed by atoms with van der Waals surface area (Å²) in [4.78, 5) is 4.77. The lowest BCUT2D eigenvalue weighted by Crippen LogP contribution is -2.19. The fourth-order valence-corrected chi connectivity index (χ4v) is 2.89. The molecule has 0 amide bonds. The molecule has 1 saturated heterocycles. The lowest BCUT2D eigenvalue weighted by atomic mass is 10.0. The number of aryl methyl sites for hydroxylation is 1. The van der Waals surface area contributed by atoms with Gasteiger partial charge in [-0.15, -0.1) is 0 Å². The summed E-state index contributed by atoms with van der Waals surface area (Å²) in [5.74, 6) is 1.04. The molecule has 0 aromatic heterocycles. The van der Waals surface area contributed by atoms with Crippen LogP contribution in [-0.4, -0.2) is 50.6 Å². The zero-order chi connectivity index (χ0) is 14.4. The van der Waals surface area contributed by atoms with Gasteiger partial charge in [0.15, 0.2) is 0 Å². The predicted molar refractivity (Wildman–Crippen MR) is 84.4 cm³/mol. The van der Waals surface area contributed by atoms with Crippen molar-refractivity contribution in [1.29, 1.82) is 0 Å². The number of rotatable bonds is 7. The van der Waals surface area contributed by atoms with Gasteiger partial charge in [-0.3, -0.25) is 4.90 Å². The number of methoxy groups -OCH3 is 1. The molecular weight excluding hydrogens is 248 g/mol. The Kier molecular flexibility index (Phi) is 5.86. The molecule has 3 heteroatoms. The minimum Gasteiger partial charge on any atom is -0.496 e. The highest BCUT2D eigenvalue weighted by atomic mass is 16.5. The van der Waals surface area contributed by atoms with Crippen LogP contribution in [0, 0.1) is 0 Å². The number of hydrogen-bond donors (Lipinski definition) is 0. The summed E-state index contributed by atoms with van der Waals surface area (Å²) >= 11 is 0. The Morgan fingerprint density at radius 1 is 1.20 bits per heavy atom. The maximum absolute atomic E-state index is 5.52. The van der Waals surface area contributed by atoms with Gasteiger partial charge in [0.1, 0.15) is 5.75 Å². The molecular formula is C17H28N2O. The Morgan fingerprint density at radius 3 is 2.60 bits per heavy atom. The lowest BCUT2D eigenvalue weighted by molar-refractivity contribution is 0.320. The summed E-state index contributed by atoms with van der Waals surface area (Å²) in [6, 6.07) is 6.69. The second-order valence-corrected chi connectivity index (χ2v) is 6.04. The Bertz CT molecular complexity index is 411. The number of hydrogen-bond acceptors (Lipinski definition) is 3. The van der Waals surface area contributed by atoms with E-state index in [0.717, 1.165) is 25.3 Å². The van der Waals surface area contributed by atoms with Gasteiger partial charge in [-0.05, 0) is 71.0 Å². The molecule has 20 heavy (non-hydrogen) atoms. The Labute approximate surface area is 123 Å². The number of likely N-dealkylation sites (tertiary alicyclic amines) is 1. The molecule has 0 saturated carbocycles. The van der Waals surface area contributed by atoms with Gasteiger partial charge < -0.3 is 9.64 Å². The van der Waals surface area contributed by atoms with Gasteiger partial charge in [-0.25, -0.2) is 0 Å². The van der Waals surface area contributed by atoms with Crippen molar-refractivity contribution in [3.05, 3.63) is 29.3 Å². The molecule has 0 N–H and O–H groups in total. The monoisotopic (exact) mass is 276 g/mol. The molecule has 0 radical (unpaired) electrons. The first-order valence-corrected chi connectivity index (χ1v) is 7.72. The molecule has 1 aromatic carbocycles. The fraction of sp³-hybridized carbons (Fsp3) is 0.647. The van der Waals surface area contributed by atoms with Gasteiger partial charge in [0.25, 0.3) is 0 Å². The topological polar surface area (TPSA) is 15.7 Å². The highest BCUT2D eigenvalue weighted by molar-refractivity contribution is 5.37. The maximum atomic E-state index is 5.52. The highest BCUT2D eigenvalue weighted by Gasteiger charge is 2.14. The van der Waals surface area contributed by atoms with E-state index in [1.165, 1.54) is 43.5 Å². The first-order chi connectivity index (χ1) is 9.69. The number of ether oxygens (including phenoxy) is 1. The van der Waals surface area contributed by atoms with Crippen LogP contribution in [0.2, 0.25) is 0 Å². The van der Waals surface area contributed by atoms with E-state index in [1.807, 2.05) is 0 Å². The first kappa shape index (κ1) is 15.3. The van der Waals surface area contributed by atoms with E-state index in [4.69, 9.17) is 4.74 Å². The number of benzene rings is 1. The largest absolute Gasteiger partial charge is 0.496 e. The molecule has 1 aliphatic rings. The molecule has 0 atom stereocenters. The van der Waals surface area contributed by atoms with Crippen molar-refractivity contribution >= 4 is 0 Å². The molecule has 0 bridgehead atoms. The van der Waals surface area contributed by atoms with Crippen molar-refractivity contribution in [2.45, 2.75) is 32.2 Å².